The van der Waals surface area contributed by atoms with E-state index in [0.717, 1.165) is 44.2 Å². The van der Waals surface area contributed by atoms with Crippen LogP contribution in [0.25, 0.3) is 87.4 Å². The van der Waals surface area contributed by atoms with E-state index in [1.54, 1.807) is 0 Å². The summed E-state index contributed by atoms with van der Waals surface area (Å²) in [5.41, 5.74) is 6.98. The Kier molecular flexibility index (Phi) is 5.64. The molecule has 0 radical (unpaired) electrons. The van der Waals surface area contributed by atoms with Crippen molar-refractivity contribution in [1.29, 1.82) is 0 Å². The first-order chi connectivity index (χ1) is 21.8. The molecule has 3 heterocycles. The maximum atomic E-state index is 6.42. The molecule has 0 bridgehead atoms. The normalized spacial score (nSPS) is 11.6. The van der Waals surface area contributed by atoms with E-state index in [0.29, 0.717) is 17.5 Å². The van der Waals surface area contributed by atoms with Crippen LogP contribution in [0.2, 0.25) is 0 Å². The monoisotopic (exact) mass is 581 g/mol. The lowest BCUT2D eigenvalue weighted by atomic mass is 10.00. The van der Waals surface area contributed by atoms with Crippen LogP contribution in [0.5, 0.6) is 0 Å². The molecule has 5 heteroatoms. The first-order valence-electron chi connectivity index (χ1n) is 14.5. The van der Waals surface area contributed by atoms with Gasteiger partial charge in [0.25, 0.3) is 0 Å². The van der Waals surface area contributed by atoms with Crippen LogP contribution in [0, 0.1) is 0 Å². The van der Waals surface area contributed by atoms with E-state index in [2.05, 4.69) is 66.7 Å². The SMILES string of the molecule is c1ccc(-c2nc(-c3ccccc3)nc(-c3ccc4sc5c(-c6cccc7c6oc6ccccc67)cccc5c4c3)n2)cc1. The van der Waals surface area contributed by atoms with Gasteiger partial charge in [0.1, 0.15) is 11.2 Å². The standard InChI is InChI=1S/C39H23N3OS/c1-3-11-24(12-4-1)37-40-38(25-13-5-2-6-14-25)42-39(41-37)26-21-22-34-32(23-26)31-19-10-18-30(36(31)44-34)29-17-9-16-28-27-15-7-8-20-33(27)43-35(28)29/h1-23H. The Morgan fingerprint density at radius 3 is 1.75 bits per heavy atom. The van der Waals surface area contributed by atoms with Gasteiger partial charge in [-0.05, 0) is 24.3 Å². The zero-order valence-electron chi connectivity index (χ0n) is 23.4. The van der Waals surface area contributed by atoms with Crippen molar-refractivity contribution >= 4 is 53.4 Å². The van der Waals surface area contributed by atoms with Crippen LogP contribution < -0.4 is 0 Å². The number of furan rings is 1. The molecule has 0 saturated carbocycles. The van der Waals surface area contributed by atoms with Crippen molar-refractivity contribution in [3.8, 4) is 45.3 Å². The lowest BCUT2D eigenvalue weighted by molar-refractivity contribution is 0.670. The molecule has 0 aliphatic heterocycles. The van der Waals surface area contributed by atoms with Crippen molar-refractivity contribution in [2.45, 2.75) is 0 Å². The van der Waals surface area contributed by atoms with E-state index in [1.165, 1.54) is 25.7 Å². The molecule has 44 heavy (non-hydrogen) atoms. The topological polar surface area (TPSA) is 51.8 Å². The highest BCUT2D eigenvalue weighted by molar-refractivity contribution is 7.26. The molecule has 0 aliphatic rings. The molecular weight excluding hydrogens is 559 g/mol. The van der Waals surface area contributed by atoms with Crippen molar-refractivity contribution in [2.75, 3.05) is 0 Å². The van der Waals surface area contributed by atoms with E-state index in [-0.39, 0.29) is 0 Å². The summed E-state index contributed by atoms with van der Waals surface area (Å²) in [6.07, 6.45) is 0. The lowest BCUT2D eigenvalue weighted by Crippen LogP contribution is -2.00. The van der Waals surface area contributed by atoms with Crippen molar-refractivity contribution in [1.82, 2.24) is 15.0 Å². The third-order valence-corrected chi connectivity index (χ3v) is 9.37. The fourth-order valence-corrected chi connectivity index (χ4v) is 7.26. The van der Waals surface area contributed by atoms with Crippen LogP contribution in [-0.2, 0) is 0 Å². The van der Waals surface area contributed by atoms with Crippen LogP contribution >= 0.6 is 11.3 Å². The molecule has 4 nitrogen and oxygen atoms in total. The highest BCUT2D eigenvalue weighted by atomic mass is 32.1. The minimum atomic E-state index is 0.655. The molecular formula is C39H23N3OS. The van der Waals surface area contributed by atoms with E-state index in [1.807, 2.05) is 84.1 Å². The fraction of sp³-hybridized carbons (Fsp3) is 0. The first kappa shape index (κ1) is 24.9. The zero-order chi connectivity index (χ0) is 29.0. The number of rotatable bonds is 4. The van der Waals surface area contributed by atoms with Crippen LogP contribution in [0.4, 0.5) is 0 Å². The molecule has 0 fully saturated rings. The van der Waals surface area contributed by atoms with Gasteiger partial charge in [-0.2, -0.15) is 0 Å². The Balaban J connectivity index is 1.23. The Labute approximate surface area is 256 Å². The zero-order valence-corrected chi connectivity index (χ0v) is 24.3. The summed E-state index contributed by atoms with van der Waals surface area (Å²) in [5.74, 6) is 1.97. The van der Waals surface area contributed by atoms with Crippen molar-refractivity contribution in [3.05, 3.63) is 140 Å². The van der Waals surface area contributed by atoms with E-state index >= 15 is 0 Å². The molecule has 0 atom stereocenters. The number of thiophene rings is 1. The largest absolute Gasteiger partial charge is 0.455 e. The molecule has 3 aromatic heterocycles. The van der Waals surface area contributed by atoms with Crippen LogP contribution in [0.1, 0.15) is 0 Å². The maximum absolute atomic E-state index is 6.42. The smallest absolute Gasteiger partial charge is 0.164 e. The van der Waals surface area contributed by atoms with Gasteiger partial charge in [0.05, 0.1) is 0 Å². The lowest BCUT2D eigenvalue weighted by Gasteiger charge is -2.08. The molecule has 0 aliphatic carbocycles. The number of benzene rings is 6. The second kappa shape index (κ2) is 9.97. The summed E-state index contributed by atoms with van der Waals surface area (Å²) in [6.45, 7) is 0. The van der Waals surface area contributed by atoms with Crippen LogP contribution in [0.15, 0.2) is 144 Å². The Hall–Kier alpha value is -5.65. The molecule has 0 amide bonds. The molecule has 0 spiro atoms. The van der Waals surface area contributed by atoms with Crippen molar-refractivity contribution < 1.29 is 4.42 Å². The third-order valence-electron chi connectivity index (χ3n) is 8.15. The van der Waals surface area contributed by atoms with Crippen molar-refractivity contribution in [3.63, 3.8) is 0 Å². The summed E-state index contributed by atoms with van der Waals surface area (Å²) in [6, 6.07) is 47.9. The summed E-state index contributed by atoms with van der Waals surface area (Å²) in [7, 11) is 0. The molecule has 206 valence electrons. The average molecular weight is 582 g/mol. The Bertz CT molecular complexity index is 2440. The summed E-state index contributed by atoms with van der Waals surface area (Å²) in [5, 5.41) is 4.67. The maximum Gasteiger partial charge on any atom is 0.164 e. The summed E-state index contributed by atoms with van der Waals surface area (Å²) in [4.78, 5) is 14.8. The van der Waals surface area contributed by atoms with Crippen LogP contribution in [-0.4, -0.2) is 15.0 Å². The third kappa shape index (κ3) is 4.02. The summed E-state index contributed by atoms with van der Waals surface area (Å²) < 4.78 is 8.87. The second-order valence-corrected chi connectivity index (χ2v) is 11.9. The number of para-hydroxylation sites is 2. The highest BCUT2D eigenvalue weighted by Gasteiger charge is 2.18. The summed E-state index contributed by atoms with van der Waals surface area (Å²) >= 11 is 1.81. The number of nitrogens with zero attached hydrogens (tertiary/aromatic N) is 3. The number of hydrogen-bond donors (Lipinski definition) is 0. The Morgan fingerprint density at radius 2 is 1.02 bits per heavy atom. The van der Waals surface area contributed by atoms with Crippen LogP contribution in [0.3, 0.4) is 0 Å². The Morgan fingerprint density at radius 1 is 0.432 bits per heavy atom. The second-order valence-electron chi connectivity index (χ2n) is 10.8. The molecule has 0 unspecified atom stereocenters. The highest BCUT2D eigenvalue weighted by Crippen LogP contribution is 2.44. The van der Waals surface area contributed by atoms with Gasteiger partial charge in [0.15, 0.2) is 17.5 Å². The minimum absolute atomic E-state index is 0.655. The molecule has 0 saturated heterocycles. The van der Waals surface area contributed by atoms with Gasteiger partial charge in [-0.3, -0.25) is 0 Å². The van der Waals surface area contributed by atoms with E-state index < -0.39 is 0 Å². The van der Waals surface area contributed by atoms with E-state index in [4.69, 9.17) is 19.4 Å². The van der Waals surface area contributed by atoms with E-state index in [9.17, 15) is 0 Å². The van der Waals surface area contributed by atoms with Gasteiger partial charge in [0, 0.05) is 58.8 Å². The predicted octanol–water partition coefficient (Wildman–Crippen LogP) is 10.8. The van der Waals surface area contributed by atoms with Gasteiger partial charge in [0.2, 0.25) is 0 Å². The van der Waals surface area contributed by atoms with Crippen molar-refractivity contribution in [2.24, 2.45) is 0 Å². The molecule has 6 aromatic carbocycles. The quantitative estimate of drug-likeness (QED) is 0.207. The molecule has 9 rings (SSSR count). The van der Waals surface area contributed by atoms with Gasteiger partial charge in [-0.25, -0.2) is 15.0 Å². The number of hydrogen-bond acceptors (Lipinski definition) is 5. The predicted molar refractivity (Wildman–Crippen MR) is 182 cm³/mol. The average Bonchev–Trinajstić information content (AvgIpc) is 3.67. The number of aromatic nitrogens is 3. The van der Waals surface area contributed by atoms with Gasteiger partial charge in [-0.1, -0.05) is 115 Å². The van der Waals surface area contributed by atoms with Gasteiger partial charge >= 0.3 is 0 Å². The first-order valence-corrected chi connectivity index (χ1v) is 15.3. The number of fused-ring (bicyclic) bond motifs is 6. The van der Waals surface area contributed by atoms with Gasteiger partial charge < -0.3 is 4.42 Å². The fourth-order valence-electron chi connectivity index (χ4n) is 6.05. The molecule has 9 aromatic rings. The van der Waals surface area contributed by atoms with Gasteiger partial charge in [-0.15, -0.1) is 11.3 Å². The minimum Gasteiger partial charge on any atom is -0.455 e. The molecule has 0 N–H and O–H groups in total.